The Morgan fingerprint density at radius 3 is 2.47 bits per heavy atom. The van der Waals surface area contributed by atoms with E-state index in [2.05, 4.69) is 26.3 Å². The van der Waals surface area contributed by atoms with Gasteiger partial charge in [-0.15, -0.1) is 0 Å². The minimum atomic E-state index is -0.151. The first-order chi connectivity index (χ1) is 7.84. The van der Waals surface area contributed by atoms with Gasteiger partial charge in [0.2, 0.25) is 5.91 Å². The van der Waals surface area contributed by atoms with Gasteiger partial charge in [-0.25, -0.2) is 0 Å². The molecule has 0 fully saturated rings. The fourth-order valence-corrected chi connectivity index (χ4v) is 1.75. The number of carbonyl (C=O) groups is 1. The highest BCUT2D eigenvalue weighted by Crippen LogP contribution is 2.18. The molecule has 0 bridgehead atoms. The van der Waals surface area contributed by atoms with Crippen LogP contribution in [0.1, 0.15) is 38.1 Å². The highest BCUT2D eigenvalue weighted by Gasteiger charge is 2.21. The Hall–Kier alpha value is -0.840. The molecule has 2 atom stereocenters. The lowest BCUT2D eigenvalue weighted by Crippen LogP contribution is -2.35. The lowest BCUT2D eigenvalue weighted by Gasteiger charge is -2.18. The van der Waals surface area contributed by atoms with Gasteiger partial charge in [0.1, 0.15) is 0 Å². The summed E-state index contributed by atoms with van der Waals surface area (Å²) in [6, 6.07) is -0.0185. The number of carbonyl (C=O) groups excluding carboxylic acids is 1. The third-order valence-corrected chi connectivity index (χ3v) is 4.41. The third-order valence-electron chi connectivity index (χ3n) is 2.93. The Morgan fingerprint density at radius 1 is 1.47 bits per heavy atom. The number of nitrogens with zero attached hydrogens (tertiary/aromatic N) is 2. The summed E-state index contributed by atoms with van der Waals surface area (Å²) in [5.41, 5.74) is 2.14. The van der Waals surface area contributed by atoms with Crippen molar-refractivity contribution in [2.24, 2.45) is 13.0 Å². The van der Waals surface area contributed by atoms with Gasteiger partial charge in [0.15, 0.2) is 0 Å². The Bertz CT molecular complexity index is 400. The molecular formula is C12H20BrN3O. The summed E-state index contributed by atoms with van der Waals surface area (Å²) in [6.07, 6.45) is 1.80. The van der Waals surface area contributed by atoms with Crippen LogP contribution in [-0.4, -0.2) is 20.5 Å². The Morgan fingerprint density at radius 2 is 2.06 bits per heavy atom. The zero-order chi connectivity index (χ0) is 13.2. The molecule has 1 N–H and O–H groups in total. The fraction of sp³-hybridized carbons (Fsp3) is 0.667. The minimum Gasteiger partial charge on any atom is -0.348 e. The zero-order valence-electron chi connectivity index (χ0n) is 11.0. The molecule has 1 amide bonds. The van der Waals surface area contributed by atoms with Gasteiger partial charge in [-0.1, -0.05) is 29.8 Å². The fourth-order valence-electron chi connectivity index (χ4n) is 1.61. The summed E-state index contributed by atoms with van der Waals surface area (Å²) >= 11 is 3.40. The average molecular weight is 302 g/mol. The van der Waals surface area contributed by atoms with E-state index in [1.807, 2.05) is 39.4 Å². The quantitative estimate of drug-likeness (QED) is 0.868. The predicted molar refractivity (Wildman–Crippen MR) is 72.1 cm³/mol. The van der Waals surface area contributed by atoms with Crippen LogP contribution in [0.25, 0.3) is 0 Å². The van der Waals surface area contributed by atoms with Gasteiger partial charge in [-0.3, -0.25) is 9.48 Å². The molecule has 0 spiro atoms. The lowest BCUT2D eigenvalue weighted by atomic mass is 10.1. The largest absolute Gasteiger partial charge is 0.348 e. The number of aryl methyl sites for hydroxylation is 1. The van der Waals surface area contributed by atoms with Gasteiger partial charge in [-0.05, 0) is 19.8 Å². The molecule has 2 unspecified atom stereocenters. The van der Waals surface area contributed by atoms with Crippen molar-refractivity contribution in [2.75, 3.05) is 0 Å². The van der Waals surface area contributed by atoms with Crippen LogP contribution in [0.3, 0.4) is 0 Å². The van der Waals surface area contributed by atoms with Gasteiger partial charge in [0.25, 0.3) is 0 Å². The molecule has 0 saturated heterocycles. The van der Waals surface area contributed by atoms with Crippen LogP contribution in [0.5, 0.6) is 0 Å². The SMILES string of the molecule is Cc1c(C(C)NC(=O)C(Br)C(C)C)cnn1C. The average Bonchev–Trinajstić information content (AvgIpc) is 2.58. The molecule has 96 valence electrons. The number of alkyl halides is 1. The summed E-state index contributed by atoms with van der Waals surface area (Å²) in [5, 5.41) is 7.17. The molecule has 1 rings (SSSR count). The van der Waals surface area contributed by atoms with Crippen molar-refractivity contribution in [2.45, 2.75) is 38.6 Å². The molecule has 0 aliphatic rings. The second-order valence-corrected chi connectivity index (χ2v) is 5.67. The van der Waals surface area contributed by atoms with Crippen LogP contribution >= 0.6 is 15.9 Å². The second-order valence-electron chi connectivity index (χ2n) is 4.68. The van der Waals surface area contributed by atoms with Crippen LogP contribution in [0, 0.1) is 12.8 Å². The Kier molecular flexibility index (Phi) is 4.74. The molecule has 1 aromatic heterocycles. The predicted octanol–water partition coefficient (Wildman–Crippen LogP) is 2.33. The first kappa shape index (κ1) is 14.2. The highest BCUT2D eigenvalue weighted by atomic mass is 79.9. The van der Waals surface area contributed by atoms with Crippen molar-refractivity contribution in [3.8, 4) is 0 Å². The summed E-state index contributed by atoms with van der Waals surface area (Å²) in [6.45, 7) is 8.00. The van der Waals surface area contributed by atoms with Gasteiger partial charge in [0, 0.05) is 18.3 Å². The summed E-state index contributed by atoms with van der Waals surface area (Å²) in [5.74, 6) is 0.299. The molecule has 0 aliphatic carbocycles. The van der Waals surface area contributed by atoms with Gasteiger partial charge < -0.3 is 5.32 Å². The van der Waals surface area contributed by atoms with Gasteiger partial charge in [0.05, 0.1) is 17.1 Å². The number of hydrogen-bond donors (Lipinski definition) is 1. The standard InChI is InChI=1S/C12H20BrN3O/c1-7(2)11(13)12(17)15-8(3)10-6-14-16(5)9(10)4/h6-8,11H,1-5H3,(H,15,17). The van der Waals surface area contributed by atoms with E-state index < -0.39 is 0 Å². The van der Waals surface area contributed by atoms with Crippen molar-refractivity contribution in [3.63, 3.8) is 0 Å². The molecule has 0 radical (unpaired) electrons. The van der Waals surface area contributed by atoms with Crippen molar-refractivity contribution < 1.29 is 4.79 Å². The van der Waals surface area contributed by atoms with Crippen LogP contribution in [-0.2, 0) is 11.8 Å². The van der Waals surface area contributed by atoms with E-state index in [9.17, 15) is 4.79 Å². The highest BCUT2D eigenvalue weighted by molar-refractivity contribution is 9.10. The first-order valence-electron chi connectivity index (χ1n) is 5.77. The van der Waals surface area contributed by atoms with E-state index in [0.29, 0.717) is 0 Å². The monoisotopic (exact) mass is 301 g/mol. The smallest absolute Gasteiger partial charge is 0.234 e. The van der Waals surface area contributed by atoms with E-state index in [-0.39, 0.29) is 22.7 Å². The maximum absolute atomic E-state index is 11.9. The molecule has 0 aliphatic heterocycles. The lowest BCUT2D eigenvalue weighted by molar-refractivity contribution is -0.121. The summed E-state index contributed by atoms with van der Waals surface area (Å²) in [4.78, 5) is 11.8. The second kappa shape index (κ2) is 5.67. The Labute approximate surface area is 111 Å². The molecule has 17 heavy (non-hydrogen) atoms. The number of nitrogens with one attached hydrogen (secondary N) is 1. The maximum Gasteiger partial charge on any atom is 0.234 e. The van der Waals surface area contributed by atoms with E-state index in [4.69, 9.17) is 0 Å². The molecular weight excluding hydrogens is 282 g/mol. The molecule has 0 aromatic carbocycles. The van der Waals surface area contributed by atoms with Gasteiger partial charge in [-0.2, -0.15) is 5.10 Å². The Balaban J connectivity index is 2.70. The molecule has 1 heterocycles. The minimum absolute atomic E-state index is 0.0185. The molecule has 4 nitrogen and oxygen atoms in total. The van der Waals surface area contributed by atoms with Crippen LogP contribution in [0.4, 0.5) is 0 Å². The number of aromatic nitrogens is 2. The normalized spacial score (nSPS) is 14.8. The molecule has 1 aromatic rings. The topological polar surface area (TPSA) is 46.9 Å². The van der Waals surface area contributed by atoms with Crippen LogP contribution in [0.2, 0.25) is 0 Å². The van der Waals surface area contributed by atoms with E-state index in [1.165, 1.54) is 0 Å². The number of amides is 1. The number of hydrogen-bond acceptors (Lipinski definition) is 2. The zero-order valence-corrected chi connectivity index (χ0v) is 12.6. The van der Waals surface area contributed by atoms with Crippen LogP contribution < -0.4 is 5.32 Å². The maximum atomic E-state index is 11.9. The van der Waals surface area contributed by atoms with Crippen molar-refractivity contribution in [3.05, 3.63) is 17.5 Å². The van der Waals surface area contributed by atoms with Crippen molar-refractivity contribution in [1.29, 1.82) is 0 Å². The number of rotatable bonds is 4. The number of halogens is 1. The van der Waals surface area contributed by atoms with Crippen molar-refractivity contribution in [1.82, 2.24) is 15.1 Å². The van der Waals surface area contributed by atoms with Crippen molar-refractivity contribution >= 4 is 21.8 Å². The van der Waals surface area contributed by atoms with Gasteiger partial charge >= 0.3 is 0 Å². The summed E-state index contributed by atoms with van der Waals surface area (Å²) in [7, 11) is 1.90. The third kappa shape index (κ3) is 3.31. The van der Waals surface area contributed by atoms with E-state index in [0.717, 1.165) is 11.3 Å². The van der Waals surface area contributed by atoms with E-state index >= 15 is 0 Å². The summed E-state index contributed by atoms with van der Waals surface area (Å²) < 4.78 is 1.81. The molecule has 5 heteroatoms. The van der Waals surface area contributed by atoms with Crippen LogP contribution in [0.15, 0.2) is 6.20 Å². The van der Waals surface area contributed by atoms with E-state index in [1.54, 1.807) is 6.20 Å². The first-order valence-corrected chi connectivity index (χ1v) is 6.69. The molecule has 0 saturated carbocycles.